The first-order valence-corrected chi connectivity index (χ1v) is 11.8. The third-order valence-electron chi connectivity index (χ3n) is 7.39. The number of aryl methyl sites for hydroxylation is 1. The number of carbonyl (C=O) groups is 1. The Hall–Kier alpha value is -2.91. The molecule has 1 aliphatic heterocycles. The maximum atomic E-state index is 13.3. The largest absolute Gasteiger partial charge is 0.369 e. The smallest absolute Gasteiger partial charge is 0.233 e. The third-order valence-corrected chi connectivity index (χ3v) is 7.39. The van der Waals surface area contributed by atoms with E-state index in [1.165, 1.54) is 18.4 Å². The lowest BCUT2D eigenvalue weighted by Crippen LogP contribution is -2.51. The molecule has 0 aromatic heterocycles. The number of primary amides is 1. The summed E-state index contributed by atoms with van der Waals surface area (Å²) in [5, 5.41) is 0. The molecule has 0 radical (unpaired) electrons. The van der Waals surface area contributed by atoms with Gasteiger partial charge < -0.3 is 10.2 Å². The van der Waals surface area contributed by atoms with Gasteiger partial charge in [0.2, 0.25) is 5.91 Å². The van der Waals surface area contributed by atoms with E-state index in [1.54, 1.807) is 0 Å². The number of quaternary nitrogens is 1. The van der Waals surface area contributed by atoms with Crippen LogP contribution in [0.3, 0.4) is 0 Å². The Balaban J connectivity index is 1.54. The molecule has 1 amide bonds. The minimum absolute atomic E-state index is 0.184. The van der Waals surface area contributed by atoms with Crippen LogP contribution in [0, 0.1) is 5.92 Å². The van der Waals surface area contributed by atoms with Gasteiger partial charge in [0.05, 0.1) is 26.7 Å². The lowest BCUT2D eigenvalue weighted by molar-refractivity contribution is -0.899. The van der Waals surface area contributed by atoms with Gasteiger partial charge in [-0.25, -0.2) is 0 Å². The lowest BCUT2D eigenvalue weighted by atomic mass is 9.64. The van der Waals surface area contributed by atoms with Crippen LogP contribution < -0.4 is 5.73 Å². The van der Waals surface area contributed by atoms with Crippen LogP contribution >= 0.6 is 0 Å². The molecule has 1 heterocycles. The monoisotopic (exact) mass is 427 g/mol. The van der Waals surface area contributed by atoms with E-state index in [9.17, 15) is 4.79 Å². The van der Waals surface area contributed by atoms with E-state index in [1.807, 2.05) is 36.4 Å². The Morgan fingerprint density at radius 2 is 1.41 bits per heavy atom. The minimum Gasteiger partial charge on any atom is -0.369 e. The van der Waals surface area contributed by atoms with Crippen molar-refractivity contribution in [3.8, 4) is 0 Å². The topological polar surface area (TPSA) is 43.1 Å². The van der Waals surface area contributed by atoms with Crippen molar-refractivity contribution in [3.63, 3.8) is 0 Å². The number of nitrogens with zero attached hydrogens (tertiary/aromatic N) is 1. The summed E-state index contributed by atoms with van der Waals surface area (Å²) in [6.45, 7) is 3.20. The predicted molar refractivity (Wildman–Crippen MR) is 131 cm³/mol. The molecule has 1 unspecified atom stereocenters. The Morgan fingerprint density at radius 1 is 0.875 bits per heavy atom. The molecule has 0 aliphatic carbocycles. The highest BCUT2D eigenvalue weighted by Gasteiger charge is 2.53. The third kappa shape index (κ3) is 4.49. The first-order chi connectivity index (χ1) is 15.5. The van der Waals surface area contributed by atoms with Crippen molar-refractivity contribution in [2.24, 2.45) is 11.7 Å². The van der Waals surface area contributed by atoms with Crippen molar-refractivity contribution in [1.29, 1.82) is 0 Å². The Kier molecular flexibility index (Phi) is 6.76. The number of likely N-dealkylation sites (tertiary alicyclic amines) is 1. The second kappa shape index (κ2) is 9.70. The Labute approximate surface area is 192 Å². The van der Waals surface area contributed by atoms with E-state index >= 15 is 0 Å². The van der Waals surface area contributed by atoms with E-state index in [-0.39, 0.29) is 11.8 Å². The SMILES string of the molecule is C[N+]1(CCCCc2ccccc2)CC[C@@H](C(C(N)=O)(c2ccccc2)c2ccccc2)C1. The molecule has 4 rings (SSSR count). The van der Waals surface area contributed by atoms with Gasteiger partial charge in [-0.15, -0.1) is 0 Å². The Morgan fingerprint density at radius 3 is 1.94 bits per heavy atom. The van der Waals surface area contributed by atoms with Crippen molar-refractivity contribution in [2.75, 3.05) is 26.7 Å². The number of carbonyl (C=O) groups excluding carboxylic acids is 1. The average Bonchev–Trinajstić information content (AvgIpc) is 3.21. The van der Waals surface area contributed by atoms with Gasteiger partial charge in [-0.05, 0) is 36.0 Å². The molecule has 2 N–H and O–H groups in total. The molecule has 3 aromatic carbocycles. The normalized spacial score (nSPS) is 20.8. The van der Waals surface area contributed by atoms with Crippen LogP contribution in [0.15, 0.2) is 91.0 Å². The number of hydrogen-bond donors (Lipinski definition) is 1. The van der Waals surface area contributed by atoms with Gasteiger partial charge in [-0.3, -0.25) is 4.79 Å². The molecule has 3 aromatic rings. The van der Waals surface area contributed by atoms with Gasteiger partial charge in [-0.2, -0.15) is 0 Å². The number of benzene rings is 3. The van der Waals surface area contributed by atoms with Crippen molar-refractivity contribution in [2.45, 2.75) is 31.1 Å². The zero-order valence-electron chi connectivity index (χ0n) is 19.1. The zero-order chi connectivity index (χ0) is 22.4. The maximum Gasteiger partial charge on any atom is 0.233 e. The number of hydrogen-bond acceptors (Lipinski definition) is 1. The molecule has 3 heteroatoms. The van der Waals surface area contributed by atoms with Crippen LogP contribution in [0.25, 0.3) is 0 Å². The number of unbranched alkanes of at least 4 members (excludes halogenated alkanes) is 1. The number of nitrogens with two attached hydrogens (primary N) is 1. The molecule has 0 bridgehead atoms. The van der Waals surface area contributed by atoms with Crippen LogP contribution in [0.4, 0.5) is 0 Å². The molecule has 0 spiro atoms. The van der Waals surface area contributed by atoms with Crippen LogP contribution in [0.1, 0.15) is 36.0 Å². The molecule has 1 fully saturated rings. The summed E-state index contributed by atoms with van der Waals surface area (Å²) < 4.78 is 1.01. The van der Waals surface area contributed by atoms with Gasteiger partial charge in [-0.1, -0.05) is 91.0 Å². The van der Waals surface area contributed by atoms with Gasteiger partial charge in [0.15, 0.2) is 0 Å². The first kappa shape index (κ1) is 22.3. The number of amides is 1. The highest BCUT2D eigenvalue weighted by molar-refractivity contribution is 5.91. The molecule has 3 nitrogen and oxygen atoms in total. The quantitative estimate of drug-likeness (QED) is 0.381. The molecular formula is C29H35N2O+. The van der Waals surface area contributed by atoms with E-state index in [4.69, 9.17) is 5.73 Å². The minimum atomic E-state index is -0.789. The van der Waals surface area contributed by atoms with Crippen LogP contribution in [0.2, 0.25) is 0 Å². The zero-order valence-corrected chi connectivity index (χ0v) is 19.1. The fourth-order valence-electron chi connectivity index (χ4n) is 5.73. The van der Waals surface area contributed by atoms with Crippen LogP contribution in [-0.2, 0) is 16.6 Å². The van der Waals surface area contributed by atoms with Gasteiger partial charge in [0.25, 0.3) is 0 Å². The summed E-state index contributed by atoms with van der Waals surface area (Å²) in [5.74, 6) is -0.0543. The van der Waals surface area contributed by atoms with E-state index < -0.39 is 5.41 Å². The molecule has 0 saturated carbocycles. The highest BCUT2D eigenvalue weighted by atomic mass is 16.1. The van der Waals surface area contributed by atoms with Crippen LogP contribution in [-0.4, -0.2) is 37.1 Å². The van der Waals surface area contributed by atoms with E-state index in [0.717, 1.165) is 48.1 Å². The maximum absolute atomic E-state index is 13.3. The van der Waals surface area contributed by atoms with Crippen molar-refractivity contribution >= 4 is 5.91 Å². The standard InChI is InChI=1S/C29H34N2O/c1-31(21-12-11-15-24-13-5-2-6-14-24)22-20-27(23-31)29(28(30)32,25-16-7-3-8-17-25)26-18-9-4-10-19-26/h2-10,13-14,16-19,27H,11-12,15,20-23H2,1H3,(H-,30,32)/p+1/t27-,31?/m1/s1. The van der Waals surface area contributed by atoms with Crippen molar-refractivity contribution in [1.82, 2.24) is 0 Å². The predicted octanol–water partition coefficient (Wildman–Crippen LogP) is 4.95. The van der Waals surface area contributed by atoms with Crippen LogP contribution in [0.5, 0.6) is 0 Å². The van der Waals surface area contributed by atoms with Crippen molar-refractivity contribution in [3.05, 3.63) is 108 Å². The second-order valence-electron chi connectivity index (χ2n) is 9.58. The fourth-order valence-corrected chi connectivity index (χ4v) is 5.73. The lowest BCUT2D eigenvalue weighted by Gasteiger charge is -2.38. The first-order valence-electron chi connectivity index (χ1n) is 11.8. The summed E-state index contributed by atoms with van der Waals surface area (Å²) in [5.41, 5.74) is 8.90. The van der Waals surface area contributed by atoms with E-state index in [0.29, 0.717) is 0 Å². The molecule has 1 aliphatic rings. The molecule has 2 atom stereocenters. The average molecular weight is 428 g/mol. The molecule has 1 saturated heterocycles. The summed E-state index contributed by atoms with van der Waals surface area (Å²) in [7, 11) is 2.35. The summed E-state index contributed by atoms with van der Waals surface area (Å²) in [6, 6.07) is 31.1. The van der Waals surface area contributed by atoms with Crippen molar-refractivity contribution < 1.29 is 9.28 Å². The second-order valence-corrected chi connectivity index (χ2v) is 9.58. The highest BCUT2D eigenvalue weighted by Crippen LogP contribution is 2.45. The summed E-state index contributed by atoms with van der Waals surface area (Å²) in [6.07, 6.45) is 4.52. The Bertz CT molecular complexity index is 964. The summed E-state index contributed by atoms with van der Waals surface area (Å²) in [4.78, 5) is 13.3. The number of rotatable bonds is 9. The molecule has 32 heavy (non-hydrogen) atoms. The van der Waals surface area contributed by atoms with E-state index in [2.05, 4.69) is 61.6 Å². The van der Waals surface area contributed by atoms with Gasteiger partial charge >= 0.3 is 0 Å². The fraction of sp³-hybridized carbons (Fsp3) is 0.345. The summed E-state index contributed by atoms with van der Waals surface area (Å²) >= 11 is 0. The molecule has 166 valence electrons. The molecular weight excluding hydrogens is 392 g/mol. The van der Waals surface area contributed by atoms with Gasteiger partial charge in [0, 0.05) is 12.3 Å². The van der Waals surface area contributed by atoms with Gasteiger partial charge in [0.1, 0.15) is 5.41 Å².